The highest BCUT2D eigenvalue weighted by Crippen LogP contribution is 2.21. The van der Waals surface area contributed by atoms with Gasteiger partial charge in [0.25, 0.3) is 0 Å². The molecular formula is C11H10ClNO3. The summed E-state index contributed by atoms with van der Waals surface area (Å²) in [6.45, 7) is 1.69. The molecule has 0 aliphatic rings. The van der Waals surface area contributed by atoms with Crippen molar-refractivity contribution in [3.05, 3.63) is 40.9 Å². The quantitative estimate of drug-likeness (QED) is 0.797. The molecule has 0 spiro atoms. The number of carboxylic acid groups (broad SMARTS) is 1. The number of allylic oxidation sites excluding steroid dienone is 1. The Bertz CT molecular complexity index is 455. The lowest BCUT2D eigenvalue weighted by molar-refractivity contribution is -0.111. The summed E-state index contributed by atoms with van der Waals surface area (Å²) < 4.78 is 0. The number of benzene rings is 1. The van der Waals surface area contributed by atoms with Crippen LogP contribution < -0.4 is 5.32 Å². The molecule has 0 bridgehead atoms. The lowest BCUT2D eigenvalue weighted by Crippen LogP contribution is -2.11. The minimum absolute atomic E-state index is 0.00209. The van der Waals surface area contributed by atoms with Gasteiger partial charge in [-0.05, 0) is 31.2 Å². The average Bonchev–Trinajstić information content (AvgIpc) is 2.17. The van der Waals surface area contributed by atoms with Gasteiger partial charge in [0.2, 0.25) is 5.91 Å². The van der Waals surface area contributed by atoms with E-state index in [0.717, 1.165) is 0 Å². The van der Waals surface area contributed by atoms with Gasteiger partial charge < -0.3 is 10.4 Å². The maximum absolute atomic E-state index is 11.3. The Morgan fingerprint density at radius 3 is 2.69 bits per heavy atom. The average molecular weight is 240 g/mol. The second kappa shape index (κ2) is 5.32. The van der Waals surface area contributed by atoms with E-state index in [1.807, 2.05) is 0 Å². The van der Waals surface area contributed by atoms with Gasteiger partial charge in [-0.15, -0.1) is 0 Å². The number of amides is 1. The molecule has 2 N–H and O–H groups in total. The zero-order valence-electron chi connectivity index (χ0n) is 8.53. The summed E-state index contributed by atoms with van der Waals surface area (Å²) in [4.78, 5) is 22.1. The minimum atomic E-state index is -1.12. The molecule has 0 aliphatic carbocycles. The van der Waals surface area contributed by atoms with E-state index in [2.05, 4.69) is 5.32 Å². The first-order valence-corrected chi connectivity index (χ1v) is 4.89. The Morgan fingerprint density at radius 2 is 2.12 bits per heavy atom. The molecule has 1 aromatic rings. The van der Waals surface area contributed by atoms with Crippen LogP contribution in [0.1, 0.15) is 17.3 Å². The fraction of sp³-hybridized carbons (Fsp3) is 0.0909. The first-order chi connectivity index (χ1) is 7.54. The fourth-order valence-electron chi connectivity index (χ4n) is 1.13. The molecule has 16 heavy (non-hydrogen) atoms. The highest BCUT2D eigenvalue weighted by atomic mass is 35.5. The molecule has 1 rings (SSSR count). The maximum Gasteiger partial charge on any atom is 0.337 e. The summed E-state index contributed by atoms with van der Waals surface area (Å²) in [5, 5.41) is 11.7. The van der Waals surface area contributed by atoms with Gasteiger partial charge >= 0.3 is 5.97 Å². The maximum atomic E-state index is 11.3. The number of halogens is 1. The molecule has 0 radical (unpaired) electrons. The third-order valence-corrected chi connectivity index (χ3v) is 2.02. The van der Waals surface area contributed by atoms with Crippen molar-refractivity contribution < 1.29 is 14.7 Å². The van der Waals surface area contributed by atoms with Crippen LogP contribution in [0.5, 0.6) is 0 Å². The normalized spacial score (nSPS) is 10.4. The van der Waals surface area contributed by atoms with E-state index < -0.39 is 11.9 Å². The van der Waals surface area contributed by atoms with Crippen molar-refractivity contribution in [3.8, 4) is 0 Å². The number of carbonyl (C=O) groups excluding carboxylic acids is 1. The molecule has 4 nitrogen and oxygen atoms in total. The van der Waals surface area contributed by atoms with Crippen LogP contribution in [0.3, 0.4) is 0 Å². The summed E-state index contributed by atoms with van der Waals surface area (Å²) in [5.74, 6) is -1.51. The smallest absolute Gasteiger partial charge is 0.337 e. The van der Waals surface area contributed by atoms with Crippen LogP contribution >= 0.6 is 11.6 Å². The zero-order valence-corrected chi connectivity index (χ0v) is 9.28. The predicted octanol–water partition coefficient (Wildman–Crippen LogP) is 2.55. The third kappa shape index (κ3) is 3.10. The number of aromatic carboxylic acids is 1. The van der Waals surface area contributed by atoms with E-state index in [1.54, 1.807) is 13.0 Å². The Morgan fingerprint density at radius 1 is 1.44 bits per heavy atom. The summed E-state index contributed by atoms with van der Waals surface area (Å²) in [6, 6.07) is 4.19. The van der Waals surface area contributed by atoms with Crippen molar-refractivity contribution in [1.82, 2.24) is 0 Å². The molecule has 84 valence electrons. The van der Waals surface area contributed by atoms with Crippen LogP contribution in [0.4, 0.5) is 5.69 Å². The van der Waals surface area contributed by atoms with Gasteiger partial charge in [0, 0.05) is 5.02 Å². The number of nitrogens with one attached hydrogen (secondary N) is 1. The topological polar surface area (TPSA) is 66.4 Å². The molecule has 0 aromatic heterocycles. The lowest BCUT2D eigenvalue weighted by atomic mass is 10.2. The first kappa shape index (κ1) is 12.3. The first-order valence-electron chi connectivity index (χ1n) is 4.51. The van der Waals surface area contributed by atoms with Gasteiger partial charge in [-0.2, -0.15) is 0 Å². The Kier molecular flexibility index (Phi) is 4.08. The van der Waals surface area contributed by atoms with Crippen molar-refractivity contribution in [1.29, 1.82) is 0 Å². The molecule has 0 aliphatic heterocycles. The molecule has 0 saturated carbocycles. The summed E-state index contributed by atoms with van der Waals surface area (Å²) in [5.41, 5.74) is 0.186. The molecule has 0 saturated heterocycles. The van der Waals surface area contributed by atoms with Crippen molar-refractivity contribution in [2.24, 2.45) is 0 Å². The molecular weight excluding hydrogens is 230 g/mol. The van der Waals surface area contributed by atoms with Gasteiger partial charge in [-0.3, -0.25) is 4.79 Å². The molecule has 0 heterocycles. The molecule has 1 amide bonds. The van der Waals surface area contributed by atoms with Gasteiger partial charge in [-0.1, -0.05) is 17.7 Å². The van der Waals surface area contributed by atoms with Crippen LogP contribution in [-0.4, -0.2) is 17.0 Å². The Balaban J connectivity index is 3.05. The van der Waals surface area contributed by atoms with E-state index in [9.17, 15) is 9.59 Å². The van der Waals surface area contributed by atoms with E-state index in [4.69, 9.17) is 16.7 Å². The molecule has 0 fully saturated rings. The molecule has 0 unspecified atom stereocenters. The number of hydrogen-bond donors (Lipinski definition) is 2. The zero-order chi connectivity index (χ0) is 12.1. The largest absolute Gasteiger partial charge is 0.478 e. The van der Waals surface area contributed by atoms with Gasteiger partial charge in [0.1, 0.15) is 0 Å². The number of carbonyl (C=O) groups is 2. The van der Waals surface area contributed by atoms with Crippen molar-refractivity contribution in [2.75, 3.05) is 5.32 Å². The lowest BCUT2D eigenvalue weighted by Gasteiger charge is -2.06. The van der Waals surface area contributed by atoms with Gasteiger partial charge in [0.15, 0.2) is 0 Å². The summed E-state index contributed by atoms with van der Waals surface area (Å²) >= 11 is 5.72. The molecule has 0 atom stereocenters. The van der Waals surface area contributed by atoms with Crippen LogP contribution in [0.2, 0.25) is 5.02 Å². The van der Waals surface area contributed by atoms with Crippen LogP contribution in [0.25, 0.3) is 0 Å². The Labute approximate surface area is 97.5 Å². The van der Waals surface area contributed by atoms with Crippen molar-refractivity contribution in [3.63, 3.8) is 0 Å². The SMILES string of the molecule is C/C=C/C(=O)Nc1cc(Cl)ccc1C(=O)O. The van der Waals surface area contributed by atoms with Gasteiger partial charge in [0.05, 0.1) is 11.3 Å². The van der Waals surface area contributed by atoms with E-state index in [0.29, 0.717) is 5.02 Å². The molecule has 1 aromatic carbocycles. The van der Waals surface area contributed by atoms with Crippen LogP contribution in [-0.2, 0) is 4.79 Å². The monoisotopic (exact) mass is 239 g/mol. The second-order valence-corrected chi connectivity index (χ2v) is 3.42. The highest BCUT2D eigenvalue weighted by Gasteiger charge is 2.11. The number of anilines is 1. The van der Waals surface area contributed by atoms with E-state index >= 15 is 0 Å². The standard InChI is InChI=1S/C11H10ClNO3/c1-2-3-10(14)13-9-6-7(12)4-5-8(9)11(15)16/h2-6H,1H3,(H,13,14)(H,15,16)/b3-2+. The van der Waals surface area contributed by atoms with Crippen LogP contribution in [0, 0.1) is 0 Å². The minimum Gasteiger partial charge on any atom is -0.478 e. The predicted molar refractivity (Wildman–Crippen MR) is 61.9 cm³/mol. The van der Waals surface area contributed by atoms with Crippen molar-refractivity contribution >= 4 is 29.2 Å². The fourth-order valence-corrected chi connectivity index (χ4v) is 1.30. The Hall–Kier alpha value is -1.81. The number of hydrogen-bond acceptors (Lipinski definition) is 2. The van der Waals surface area contributed by atoms with Gasteiger partial charge in [-0.25, -0.2) is 4.79 Å². The van der Waals surface area contributed by atoms with E-state index in [1.165, 1.54) is 24.3 Å². The van der Waals surface area contributed by atoms with Crippen molar-refractivity contribution in [2.45, 2.75) is 6.92 Å². The summed E-state index contributed by atoms with van der Waals surface area (Å²) in [7, 11) is 0. The summed E-state index contributed by atoms with van der Waals surface area (Å²) in [6.07, 6.45) is 2.85. The second-order valence-electron chi connectivity index (χ2n) is 2.98. The number of carboxylic acids is 1. The number of rotatable bonds is 3. The van der Waals surface area contributed by atoms with Crippen LogP contribution in [0.15, 0.2) is 30.4 Å². The van der Waals surface area contributed by atoms with E-state index in [-0.39, 0.29) is 11.3 Å². The highest BCUT2D eigenvalue weighted by molar-refractivity contribution is 6.31. The molecule has 5 heteroatoms. The third-order valence-electron chi connectivity index (χ3n) is 1.79.